The zero-order valence-corrected chi connectivity index (χ0v) is 12.5. The number of rotatable bonds is 3. The number of amides is 1. The van der Waals surface area contributed by atoms with E-state index in [1.165, 1.54) is 5.56 Å². The summed E-state index contributed by atoms with van der Waals surface area (Å²) in [4.78, 5) is 14.2. The van der Waals surface area contributed by atoms with Crippen molar-refractivity contribution in [3.63, 3.8) is 0 Å². The SMILES string of the molecule is Cc1cccc(CC(=O)N2CCC(C(C)Cl)CC2)c1. The molecule has 19 heavy (non-hydrogen) atoms. The second-order valence-corrected chi connectivity index (χ2v) is 6.25. The Morgan fingerprint density at radius 3 is 2.68 bits per heavy atom. The number of hydrogen-bond acceptors (Lipinski definition) is 1. The van der Waals surface area contributed by atoms with Crippen molar-refractivity contribution < 1.29 is 4.79 Å². The van der Waals surface area contributed by atoms with E-state index in [0.29, 0.717) is 12.3 Å². The van der Waals surface area contributed by atoms with Crippen LogP contribution in [0.5, 0.6) is 0 Å². The molecule has 0 aliphatic carbocycles. The second kappa shape index (κ2) is 6.42. The number of nitrogens with zero attached hydrogens (tertiary/aromatic N) is 1. The lowest BCUT2D eigenvalue weighted by Crippen LogP contribution is -2.40. The summed E-state index contributed by atoms with van der Waals surface area (Å²) in [7, 11) is 0. The van der Waals surface area contributed by atoms with E-state index in [-0.39, 0.29) is 11.3 Å². The van der Waals surface area contributed by atoms with Crippen LogP contribution in [-0.2, 0) is 11.2 Å². The fourth-order valence-electron chi connectivity index (χ4n) is 2.72. The summed E-state index contributed by atoms with van der Waals surface area (Å²) in [5.41, 5.74) is 2.32. The zero-order valence-electron chi connectivity index (χ0n) is 11.7. The summed E-state index contributed by atoms with van der Waals surface area (Å²) in [6, 6.07) is 8.19. The largest absolute Gasteiger partial charge is 0.342 e. The quantitative estimate of drug-likeness (QED) is 0.777. The first-order chi connectivity index (χ1) is 9.06. The molecule has 0 aromatic heterocycles. The Hall–Kier alpha value is -1.02. The van der Waals surface area contributed by atoms with Gasteiger partial charge in [0.1, 0.15) is 0 Å². The van der Waals surface area contributed by atoms with Gasteiger partial charge in [0.05, 0.1) is 6.42 Å². The van der Waals surface area contributed by atoms with Gasteiger partial charge in [0.15, 0.2) is 0 Å². The van der Waals surface area contributed by atoms with Gasteiger partial charge in [-0.1, -0.05) is 29.8 Å². The van der Waals surface area contributed by atoms with Gasteiger partial charge < -0.3 is 4.90 Å². The summed E-state index contributed by atoms with van der Waals surface area (Å²) < 4.78 is 0. The highest BCUT2D eigenvalue weighted by Gasteiger charge is 2.25. The van der Waals surface area contributed by atoms with Crippen LogP contribution in [0.15, 0.2) is 24.3 Å². The molecule has 0 spiro atoms. The van der Waals surface area contributed by atoms with Gasteiger partial charge in [-0.3, -0.25) is 4.79 Å². The lowest BCUT2D eigenvalue weighted by molar-refractivity contribution is -0.131. The molecule has 1 fully saturated rings. The van der Waals surface area contributed by atoms with Crippen LogP contribution in [0.4, 0.5) is 0 Å². The average Bonchev–Trinajstić information content (AvgIpc) is 2.39. The highest BCUT2D eigenvalue weighted by molar-refractivity contribution is 6.20. The molecule has 3 heteroatoms. The normalized spacial score (nSPS) is 18.4. The Kier molecular flexibility index (Phi) is 4.87. The monoisotopic (exact) mass is 279 g/mol. The van der Waals surface area contributed by atoms with Gasteiger partial charge in [-0.05, 0) is 38.2 Å². The molecule has 1 atom stereocenters. The van der Waals surface area contributed by atoms with Crippen LogP contribution in [0.1, 0.15) is 30.9 Å². The van der Waals surface area contributed by atoms with Gasteiger partial charge in [-0.25, -0.2) is 0 Å². The maximum Gasteiger partial charge on any atom is 0.226 e. The summed E-state index contributed by atoms with van der Waals surface area (Å²) in [6.07, 6.45) is 2.58. The minimum absolute atomic E-state index is 0.217. The Labute approximate surface area is 120 Å². The number of carbonyl (C=O) groups is 1. The molecule has 104 valence electrons. The Morgan fingerprint density at radius 2 is 2.11 bits per heavy atom. The zero-order chi connectivity index (χ0) is 13.8. The Morgan fingerprint density at radius 1 is 1.42 bits per heavy atom. The van der Waals surface area contributed by atoms with Gasteiger partial charge in [-0.15, -0.1) is 11.6 Å². The predicted molar refractivity (Wildman–Crippen MR) is 79.5 cm³/mol. The number of alkyl halides is 1. The van der Waals surface area contributed by atoms with Gasteiger partial charge in [0, 0.05) is 18.5 Å². The predicted octanol–water partition coefficient (Wildman–Crippen LogP) is 3.40. The fraction of sp³-hybridized carbons (Fsp3) is 0.562. The van der Waals surface area contributed by atoms with E-state index in [2.05, 4.69) is 26.0 Å². The van der Waals surface area contributed by atoms with Crippen molar-refractivity contribution in [2.24, 2.45) is 5.92 Å². The molecule has 1 aromatic rings. The van der Waals surface area contributed by atoms with Gasteiger partial charge in [-0.2, -0.15) is 0 Å². The van der Waals surface area contributed by atoms with Crippen molar-refractivity contribution in [1.82, 2.24) is 4.90 Å². The van der Waals surface area contributed by atoms with Crippen LogP contribution in [0.2, 0.25) is 0 Å². The second-order valence-electron chi connectivity index (χ2n) is 5.56. The first kappa shape index (κ1) is 14.4. The minimum Gasteiger partial charge on any atom is -0.342 e. The molecule has 2 nitrogen and oxygen atoms in total. The third-order valence-corrected chi connectivity index (χ3v) is 4.34. The molecule has 0 saturated carbocycles. The van der Waals surface area contributed by atoms with E-state index in [9.17, 15) is 4.79 Å². The van der Waals surface area contributed by atoms with Crippen molar-refractivity contribution >= 4 is 17.5 Å². The molecule has 1 aromatic carbocycles. The lowest BCUT2D eigenvalue weighted by atomic mass is 9.93. The number of carbonyl (C=O) groups excluding carboxylic acids is 1. The molecule has 2 rings (SSSR count). The summed E-state index contributed by atoms with van der Waals surface area (Å²) in [6.45, 7) is 5.82. The molecular weight excluding hydrogens is 258 g/mol. The van der Waals surface area contributed by atoms with Crippen molar-refractivity contribution in [2.45, 2.75) is 38.5 Å². The van der Waals surface area contributed by atoms with Gasteiger partial charge in [0.25, 0.3) is 0 Å². The van der Waals surface area contributed by atoms with Crippen molar-refractivity contribution in [3.05, 3.63) is 35.4 Å². The van der Waals surface area contributed by atoms with Gasteiger partial charge >= 0.3 is 0 Å². The van der Waals surface area contributed by atoms with E-state index in [0.717, 1.165) is 31.5 Å². The molecule has 1 saturated heterocycles. The summed E-state index contributed by atoms with van der Waals surface area (Å²) >= 11 is 6.13. The standard InChI is InChI=1S/C16H22ClNO/c1-12-4-3-5-14(10-12)11-16(19)18-8-6-15(7-9-18)13(2)17/h3-5,10,13,15H,6-9,11H2,1-2H3. The third kappa shape index (κ3) is 3.97. The van der Waals surface area contributed by atoms with Crippen molar-refractivity contribution in [1.29, 1.82) is 0 Å². The van der Waals surface area contributed by atoms with Crippen LogP contribution in [0, 0.1) is 12.8 Å². The average molecular weight is 280 g/mol. The van der Waals surface area contributed by atoms with Crippen molar-refractivity contribution in [3.8, 4) is 0 Å². The van der Waals surface area contributed by atoms with Crippen LogP contribution in [0.25, 0.3) is 0 Å². The van der Waals surface area contributed by atoms with E-state index in [4.69, 9.17) is 11.6 Å². The number of likely N-dealkylation sites (tertiary alicyclic amines) is 1. The van der Waals surface area contributed by atoms with E-state index in [1.807, 2.05) is 17.0 Å². The fourth-order valence-corrected chi connectivity index (χ4v) is 2.97. The molecule has 0 N–H and O–H groups in total. The first-order valence-corrected chi connectivity index (χ1v) is 7.47. The molecule has 0 radical (unpaired) electrons. The van der Waals surface area contributed by atoms with E-state index >= 15 is 0 Å². The lowest BCUT2D eigenvalue weighted by Gasteiger charge is -2.33. The first-order valence-electron chi connectivity index (χ1n) is 7.03. The minimum atomic E-state index is 0.217. The number of hydrogen-bond donors (Lipinski definition) is 0. The van der Waals surface area contributed by atoms with E-state index < -0.39 is 0 Å². The van der Waals surface area contributed by atoms with Crippen LogP contribution in [-0.4, -0.2) is 29.3 Å². The van der Waals surface area contributed by atoms with Crippen molar-refractivity contribution in [2.75, 3.05) is 13.1 Å². The maximum absolute atomic E-state index is 12.2. The highest BCUT2D eigenvalue weighted by atomic mass is 35.5. The molecule has 1 heterocycles. The summed E-state index contributed by atoms with van der Waals surface area (Å²) in [5.74, 6) is 0.802. The van der Waals surface area contributed by atoms with Crippen LogP contribution in [0.3, 0.4) is 0 Å². The smallest absolute Gasteiger partial charge is 0.226 e. The molecular formula is C16H22ClNO. The Bertz CT molecular complexity index is 436. The molecule has 1 aliphatic heterocycles. The number of benzene rings is 1. The molecule has 1 unspecified atom stereocenters. The maximum atomic E-state index is 12.2. The topological polar surface area (TPSA) is 20.3 Å². The third-order valence-electron chi connectivity index (χ3n) is 3.98. The Balaban J connectivity index is 1.88. The van der Waals surface area contributed by atoms with E-state index in [1.54, 1.807) is 0 Å². The summed E-state index contributed by atoms with van der Waals surface area (Å²) in [5, 5.41) is 0.217. The van der Waals surface area contributed by atoms with Gasteiger partial charge in [0.2, 0.25) is 5.91 Å². The molecule has 1 amide bonds. The highest BCUT2D eigenvalue weighted by Crippen LogP contribution is 2.24. The number of aryl methyl sites for hydroxylation is 1. The molecule has 0 bridgehead atoms. The van der Waals surface area contributed by atoms with Crippen LogP contribution < -0.4 is 0 Å². The van der Waals surface area contributed by atoms with Crippen LogP contribution >= 0.6 is 11.6 Å². The number of halogens is 1. The number of piperidine rings is 1. The molecule has 1 aliphatic rings.